The van der Waals surface area contributed by atoms with Gasteiger partial charge in [0.2, 0.25) is 0 Å². The van der Waals surface area contributed by atoms with Crippen molar-refractivity contribution in [3.8, 4) is 0 Å². The molecule has 0 aliphatic carbocycles. The minimum absolute atomic E-state index is 0.0943. The molecule has 7 heteroatoms. The second-order valence-electron chi connectivity index (χ2n) is 5.11. The fraction of sp³-hybridized carbons (Fsp3) is 0.692. The van der Waals surface area contributed by atoms with Crippen LogP contribution in [0.5, 0.6) is 0 Å². The highest BCUT2D eigenvalue weighted by Crippen LogP contribution is 2.21. The summed E-state index contributed by atoms with van der Waals surface area (Å²) < 4.78 is 6.58. The van der Waals surface area contributed by atoms with Gasteiger partial charge in [-0.3, -0.25) is 9.69 Å². The van der Waals surface area contributed by atoms with Crippen LogP contribution in [0.1, 0.15) is 19.8 Å². The monoisotopic (exact) mass is 300 g/mol. The van der Waals surface area contributed by atoms with Gasteiger partial charge in [0, 0.05) is 33.3 Å². The lowest BCUT2D eigenvalue weighted by molar-refractivity contribution is -0.0301. The van der Waals surface area contributed by atoms with Crippen molar-refractivity contribution in [2.45, 2.75) is 32.0 Å². The summed E-state index contributed by atoms with van der Waals surface area (Å²) >= 11 is 6.07. The van der Waals surface area contributed by atoms with E-state index in [1.807, 2.05) is 6.92 Å². The second-order valence-corrected chi connectivity index (χ2v) is 5.49. The highest BCUT2D eigenvalue weighted by Gasteiger charge is 2.24. The third-order valence-corrected chi connectivity index (χ3v) is 4.11. The SMILES string of the molecule is COC(C)N1CCCC(Nc2cnn(C)c(=O)c2Cl)C1. The Bertz CT molecular complexity index is 520. The molecule has 1 N–H and O–H groups in total. The number of anilines is 1. The summed E-state index contributed by atoms with van der Waals surface area (Å²) in [5.74, 6) is 0. The Kier molecular flexibility index (Phi) is 5.01. The van der Waals surface area contributed by atoms with E-state index >= 15 is 0 Å². The first-order valence-corrected chi connectivity index (χ1v) is 7.16. The first kappa shape index (κ1) is 15.3. The molecule has 2 heterocycles. The smallest absolute Gasteiger partial charge is 0.287 e. The lowest BCUT2D eigenvalue weighted by Crippen LogP contribution is -2.46. The number of aromatic nitrogens is 2. The molecular formula is C13H21ClN4O2. The van der Waals surface area contributed by atoms with Crippen LogP contribution >= 0.6 is 11.6 Å². The fourth-order valence-electron chi connectivity index (χ4n) is 2.43. The van der Waals surface area contributed by atoms with Crippen molar-refractivity contribution in [3.63, 3.8) is 0 Å². The normalized spacial score (nSPS) is 21.7. The number of nitrogens with one attached hydrogen (secondary N) is 1. The van der Waals surface area contributed by atoms with Crippen LogP contribution in [-0.4, -0.2) is 47.1 Å². The summed E-state index contributed by atoms with van der Waals surface area (Å²) in [6, 6.07) is 0.243. The van der Waals surface area contributed by atoms with Gasteiger partial charge in [0.1, 0.15) is 11.3 Å². The molecule has 1 aromatic heterocycles. The van der Waals surface area contributed by atoms with Crippen LogP contribution < -0.4 is 10.9 Å². The fourth-order valence-corrected chi connectivity index (χ4v) is 2.66. The molecule has 1 aliphatic heterocycles. The predicted octanol–water partition coefficient (Wildman–Crippen LogP) is 1.30. The number of methoxy groups -OCH3 is 1. The Morgan fingerprint density at radius 2 is 2.35 bits per heavy atom. The highest BCUT2D eigenvalue weighted by atomic mass is 35.5. The Morgan fingerprint density at radius 1 is 1.60 bits per heavy atom. The molecule has 0 amide bonds. The Morgan fingerprint density at radius 3 is 3.05 bits per heavy atom. The largest absolute Gasteiger partial charge is 0.378 e. The van der Waals surface area contributed by atoms with E-state index in [9.17, 15) is 4.79 Å². The van der Waals surface area contributed by atoms with Gasteiger partial charge in [0.15, 0.2) is 0 Å². The lowest BCUT2D eigenvalue weighted by atomic mass is 10.1. The van der Waals surface area contributed by atoms with Gasteiger partial charge in [-0.15, -0.1) is 0 Å². The standard InChI is InChI=1S/C13H21ClN4O2/c1-9(20-3)18-6-4-5-10(8-18)16-11-7-15-17(2)13(19)12(11)14/h7,9-10,16H,4-6,8H2,1-3H3. The van der Waals surface area contributed by atoms with Crippen LogP contribution in [0.2, 0.25) is 5.02 Å². The molecule has 2 rings (SSSR count). The van der Waals surface area contributed by atoms with E-state index < -0.39 is 0 Å². The summed E-state index contributed by atoms with van der Waals surface area (Å²) in [7, 11) is 3.30. The number of nitrogens with zero attached hydrogens (tertiary/aromatic N) is 3. The van der Waals surface area contributed by atoms with Gasteiger partial charge in [-0.2, -0.15) is 5.10 Å². The molecule has 0 radical (unpaired) electrons. The maximum Gasteiger partial charge on any atom is 0.287 e. The van der Waals surface area contributed by atoms with Gasteiger partial charge in [-0.05, 0) is 19.8 Å². The van der Waals surface area contributed by atoms with Crippen LogP contribution in [0.15, 0.2) is 11.0 Å². The van der Waals surface area contributed by atoms with E-state index in [1.165, 1.54) is 4.68 Å². The van der Waals surface area contributed by atoms with Crippen LogP contribution in [0.25, 0.3) is 0 Å². The summed E-state index contributed by atoms with van der Waals surface area (Å²) in [5.41, 5.74) is 0.321. The highest BCUT2D eigenvalue weighted by molar-refractivity contribution is 6.32. The number of likely N-dealkylation sites (tertiary alicyclic amines) is 1. The molecule has 1 aliphatic rings. The van der Waals surface area contributed by atoms with Crippen molar-refractivity contribution in [1.29, 1.82) is 0 Å². The van der Waals surface area contributed by atoms with Gasteiger partial charge in [0.05, 0.1) is 11.9 Å². The van der Waals surface area contributed by atoms with E-state index in [0.717, 1.165) is 25.9 Å². The minimum atomic E-state index is -0.283. The van der Waals surface area contributed by atoms with Gasteiger partial charge in [-0.25, -0.2) is 4.68 Å². The summed E-state index contributed by atoms with van der Waals surface area (Å²) in [4.78, 5) is 14.0. The van der Waals surface area contributed by atoms with Crippen LogP contribution in [-0.2, 0) is 11.8 Å². The van der Waals surface area contributed by atoms with Crippen molar-refractivity contribution >= 4 is 17.3 Å². The third-order valence-electron chi connectivity index (χ3n) is 3.75. The van der Waals surface area contributed by atoms with Crippen molar-refractivity contribution < 1.29 is 4.74 Å². The molecular weight excluding hydrogens is 280 g/mol. The quantitative estimate of drug-likeness (QED) is 0.908. The number of aryl methyl sites for hydroxylation is 1. The molecule has 2 atom stereocenters. The molecule has 112 valence electrons. The Labute approximate surface area is 123 Å². The average molecular weight is 301 g/mol. The summed E-state index contributed by atoms with van der Waals surface area (Å²) in [6.45, 7) is 3.92. The molecule has 1 aromatic rings. The second kappa shape index (κ2) is 6.56. The molecule has 1 saturated heterocycles. The first-order chi connectivity index (χ1) is 9.52. The number of halogens is 1. The van der Waals surface area contributed by atoms with E-state index in [1.54, 1.807) is 20.4 Å². The van der Waals surface area contributed by atoms with Crippen molar-refractivity contribution in [1.82, 2.24) is 14.7 Å². The van der Waals surface area contributed by atoms with Crippen LogP contribution in [0.4, 0.5) is 5.69 Å². The Hall–Kier alpha value is -1.11. The molecule has 0 bridgehead atoms. The zero-order chi connectivity index (χ0) is 14.7. The van der Waals surface area contributed by atoms with Gasteiger partial charge < -0.3 is 10.1 Å². The number of hydrogen-bond donors (Lipinski definition) is 1. The maximum absolute atomic E-state index is 11.7. The summed E-state index contributed by atoms with van der Waals surface area (Å²) in [5, 5.41) is 7.51. The molecule has 2 unspecified atom stereocenters. The maximum atomic E-state index is 11.7. The van der Waals surface area contributed by atoms with Crippen LogP contribution in [0.3, 0.4) is 0 Å². The predicted molar refractivity (Wildman–Crippen MR) is 79.2 cm³/mol. The zero-order valence-electron chi connectivity index (χ0n) is 12.1. The van der Waals surface area contributed by atoms with E-state index in [-0.39, 0.29) is 22.9 Å². The lowest BCUT2D eigenvalue weighted by Gasteiger charge is -2.36. The van der Waals surface area contributed by atoms with Crippen molar-refractivity contribution in [2.24, 2.45) is 7.05 Å². The van der Waals surface area contributed by atoms with Crippen molar-refractivity contribution in [2.75, 3.05) is 25.5 Å². The van der Waals surface area contributed by atoms with Gasteiger partial charge >= 0.3 is 0 Å². The minimum Gasteiger partial charge on any atom is -0.378 e. The number of hydrogen-bond acceptors (Lipinski definition) is 5. The Balaban J connectivity index is 2.07. The van der Waals surface area contributed by atoms with Crippen LogP contribution in [0, 0.1) is 0 Å². The molecule has 1 fully saturated rings. The van der Waals surface area contributed by atoms with E-state index in [4.69, 9.17) is 16.3 Å². The van der Waals surface area contributed by atoms with Gasteiger partial charge in [-0.1, -0.05) is 11.6 Å². The zero-order valence-corrected chi connectivity index (χ0v) is 12.9. The first-order valence-electron chi connectivity index (χ1n) is 6.78. The summed E-state index contributed by atoms with van der Waals surface area (Å²) in [6.07, 6.45) is 3.82. The third kappa shape index (κ3) is 3.31. The molecule has 0 saturated carbocycles. The van der Waals surface area contributed by atoms with Crippen molar-refractivity contribution in [3.05, 3.63) is 21.6 Å². The van der Waals surface area contributed by atoms with E-state index in [2.05, 4.69) is 15.3 Å². The topological polar surface area (TPSA) is 59.4 Å². The molecule has 0 aromatic carbocycles. The molecule has 0 spiro atoms. The molecule has 6 nitrogen and oxygen atoms in total. The van der Waals surface area contributed by atoms with Gasteiger partial charge in [0.25, 0.3) is 5.56 Å². The number of piperidine rings is 1. The number of ether oxygens (including phenoxy) is 1. The molecule has 20 heavy (non-hydrogen) atoms. The average Bonchev–Trinajstić information content (AvgIpc) is 2.47. The van der Waals surface area contributed by atoms with E-state index in [0.29, 0.717) is 5.69 Å². The number of rotatable bonds is 4.